The van der Waals surface area contributed by atoms with Gasteiger partial charge in [-0.3, -0.25) is 4.90 Å². The SMILES string of the molecule is CCc1nc(CN2CCCC2)sc1-c1csc(N)n1. The minimum atomic E-state index is 0.631. The van der Waals surface area contributed by atoms with Crippen LogP contribution in [0.25, 0.3) is 10.6 Å². The molecule has 2 aromatic rings. The van der Waals surface area contributed by atoms with Crippen molar-refractivity contribution in [1.82, 2.24) is 14.9 Å². The molecule has 0 spiro atoms. The van der Waals surface area contributed by atoms with Gasteiger partial charge in [-0.2, -0.15) is 0 Å². The van der Waals surface area contributed by atoms with Gasteiger partial charge < -0.3 is 5.73 Å². The smallest absolute Gasteiger partial charge is 0.180 e. The van der Waals surface area contributed by atoms with Crippen LogP contribution in [0.1, 0.15) is 30.5 Å². The van der Waals surface area contributed by atoms with E-state index >= 15 is 0 Å². The standard InChI is InChI=1S/C13H18N4S2/c1-2-9-12(10-8-18-13(14)16-10)19-11(15-9)7-17-5-3-4-6-17/h8H,2-7H2,1H3,(H2,14,16). The summed E-state index contributed by atoms with van der Waals surface area (Å²) in [5.41, 5.74) is 7.88. The molecule has 2 N–H and O–H groups in total. The summed E-state index contributed by atoms with van der Waals surface area (Å²) in [5, 5.41) is 3.87. The summed E-state index contributed by atoms with van der Waals surface area (Å²) >= 11 is 3.27. The Hall–Kier alpha value is -0.980. The number of rotatable bonds is 4. The van der Waals surface area contributed by atoms with E-state index in [-0.39, 0.29) is 0 Å². The second kappa shape index (κ2) is 5.56. The van der Waals surface area contributed by atoms with Crippen LogP contribution in [0.5, 0.6) is 0 Å². The van der Waals surface area contributed by atoms with Crippen LogP contribution < -0.4 is 5.73 Å². The van der Waals surface area contributed by atoms with Crippen molar-refractivity contribution in [2.24, 2.45) is 0 Å². The van der Waals surface area contributed by atoms with Crippen LogP contribution in [0.15, 0.2) is 5.38 Å². The summed E-state index contributed by atoms with van der Waals surface area (Å²) in [7, 11) is 0. The van der Waals surface area contributed by atoms with Crippen molar-refractivity contribution in [3.63, 3.8) is 0 Å². The van der Waals surface area contributed by atoms with E-state index < -0.39 is 0 Å². The Kier molecular flexibility index (Phi) is 3.81. The van der Waals surface area contributed by atoms with E-state index in [9.17, 15) is 0 Å². The second-order valence-corrected chi connectivity index (χ2v) is 6.76. The normalized spacial score (nSPS) is 16.3. The highest BCUT2D eigenvalue weighted by Crippen LogP contribution is 2.33. The Morgan fingerprint density at radius 3 is 2.74 bits per heavy atom. The molecule has 3 heterocycles. The zero-order valence-electron chi connectivity index (χ0n) is 11.1. The first-order valence-corrected chi connectivity index (χ1v) is 8.38. The summed E-state index contributed by atoms with van der Waals surface area (Å²) in [6, 6.07) is 0. The van der Waals surface area contributed by atoms with Crippen LogP contribution in [0.2, 0.25) is 0 Å². The van der Waals surface area contributed by atoms with E-state index in [4.69, 9.17) is 10.7 Å². The number of thiazole rings is 2. The third-order valence-corrected chi connectivity index (χ3v) is 5.17. The molecule has 6 heteroatoms. The molecule has 2 aromatic heterocycles. The van der Waals surface area contributed by atoms with Crippen LogP contribution in [-0.2, 0) is 13.0 Å². The van der Waals surface area contributed by atoms with Crippen molar-refractivity contribution >= 4 is 27.8 Å². The molecule has 0 radical (unpaired) electrons. The van der Waals surface area contributed by atoms with Crippen molar-refractivity contribution in [2.75, 3.05) is 18.8 Å². The predicted octanol–water partition coefficient (Wildman–Crippen LogP) is 3.01. The maximum Gasteiger partial charge on any atom is 0.180 e. The number of hydrogen-bond acceptors (Lipinski definition) is 6. The van der Waals surface area contributed by atoms with Gasteiger partial charge in [0.2, 0.25) is 0 Å². The predicted molar refractivity (Wildman–Crippen MR) is 81.5 cm³/mol. The van der Waals surface area contributed by atoms with E-state index in [0.29, 0.717) is 5.13 Å². The number of likely N-dealkylation sites (tertiary alicyclic amines) is 1. The lowest BCUT2D eigenvalue weighted by Gasteiger charge is -2.11. The monoisotopic (exact) mass is 294 g/mol. The maximum absolute atomic E-state index is 5.73. The Bertz CT molecular complexity index is 555. The molecule has 0 bridgehead atoms. The summed E-state index contributed by atoms with van der Waals surface area (Å²) in [6.45, 7) is 5.55. The highest BCUT2D eigenvalue weighted by atomic mass is 32.1. The molecular formula is C13H18N4S2. The molecule has 0 atom stereocenters. The van der Waals surface area contributed by atoms with Gasteiger partial charge in [0.15, 0.2) is 5.13 Å². The van der Waals surface area contributed by atoms with Crippen molar-refractivity contribution in [1.29, 1.82) is 0 Å². The summed E-state index contributed by atoms with van der Waals surface area (Å²) in [6.07, 6.45) is 3.59. The highest BCUT2D eigenvalue weighted by Gasteiger charge is 2.18. The van der Waals surface area contributed by atoms with Crippen molar-refractivity contribution in [2.45, 2.75) is 32.7 Å². The lowest BCUT2D eigenvalue weighted by molar-refractivity contribution is 0.330. The zero-order chi connectivity index (χ0) is 13.2. The molecule has 1 fully saturated rings. The van der Waals surface area contributed by atoms with Crippen molar-refractivity contribution in [3.8, 4) is 10.6 Å². The van der Waals surface area contributed by atoms with Gasteiger partial charge in [-0.1, -0.05) is 6.92 Å². The minimum absolute atomic E-state index is 0.631. The molecule has 19 heavy (non-hydrogen) atoms. The van der Waals surface area contributed by atoms with Crippen LogP contribution in [0, 0.1) is 0 Å². The fourth-order valence-corrected chi connectivity index (χ4v) is 4.22. The fourth-order valence-electron chi connectivity index (χ4n) is 2.43. The Balaban J connectivity index is 1.85. The second-order valence-electron chi connectivity index (χ2n) is 4.79. The maximum atomic E-state index is 5.73. The van der Waals surface area contributed by atoms with Crippen LogP contribution in [0.3, 0.4) is 0 Å². The van der Waals surface area contributed by atoms with Crippen molar-refractivity contribution in [3.05, 3.63) is 16.1 Å². The van der Waals surface area contributed by atoms with Gasteiger partial charge in [-0.05, 0) is 32.4 Å². The van der Waals surface area contributed by atoms with E-state index in [1.165, 1.54) is 47.2 Å². The minimum Gasteiger partial charge on any atom is -0.375 e. The third kappa shape index (κ3) is 2.80. The molecule has 0 unspecified atom stereocenters. The number of aryl methyl sites for hydroxylation is 1. The number of anilines is 1. The molecule has 0 saturated carbocycles. The van der Waals surface area contributed by atoms with Crippen LogP contribution >= 0.6 is 22.7 Å². The van der Waals surface area contributed by atoms with Crippen LogP contribution in [-0.4, -0.2) is 28.0 Å². The molecule has 3 rings (SSSR count). The fraction of sp³-hybridized carbons (Fsp3) is 0.538. The lowest BCUT2D eigenvalue weighted by Crippen LogP contribution is -2.18. The summed E-state index contributed by atoms with van der Waals surface area (Å²) in [4.78, 5) is 12.8. The first-order chi connectivity index (χ1) is 9.26. The number of aromatic nitrogens is 2. The first-order valence-electron chi connectivity index (χ1n) is 6.68. The number of hydrogen-bond donors (Lipinski definition) is 1. The number of nitrogens with zero attached hydrogens (tertiary/aromatic N) is 3. The Morgan fingerprint density at radius 1 is 1.32 bits per heavy atom. The summed E-state index contributed by atoms with van der Waals surface area (Å²) in [5.74, 6) is 0. The average molecular weight is 294 g/mol. The molecular weight excluding hydrogens is 276 g/mol. The van der Waals surface area contributed by atoms with E-state index in [0.717, 1.165) is 24.4 Å². The van der Waals surface area contributed by atoms with Gasteiger partial charge in [-0.15, -0.1) is 22.7 Å². The number of nitrogen functional groups attached to an aromatic ring is 1. The molecule has 0 aliphatic carbocycles. The molecule has 0 amide bonds. The van der Waals surface area contributed by atoms with Gasteiger partial charge in [0, 0.05) is 5.38 Å². The van der Waals surface area contributed by atoms with Gasteiger partial charge >= 0.3 is 0 Å². The molecule has 1 aliphatic heterocycles. The highest BCUT2D eigenvalue weighted by molar-refractivity contribution is 7.16. The van der Waals surface area contributed by atoms with Gasteiger partial charge in [-0.25, -0.2) is 9.97 Å². The molecule has 1 aliphatic rings. The van der Waals surface area contributed by atoms with E-state index in [1.54, 1.807) is 11.3 Å². The third-order valence-electron chi connectivity index (χ3n) is 3.39. The molecule has 4 nitrogen and oxygen atoms in total. The summed E-state index contributed by atoms with van der Waals surface area (Å²) < 4.78 is 0. The Morgan fingerprint density at radius 2 is 2.11 bits per heavy atom. The number of nitrogens with two attached hydrogens (primary N) is 1. The van der Waals surface area contributed by atoms with E-state index in [2.05, 4.69) is 16.8 Å². The largest absolute Gasteiger partial charge is 0.375 e. The molecule has 0 aromatic carbocycles. The van der Waals surface area contributed by atoms with Gasteiger partial charge in [0.05, 0.1) is 22.8 Å². The zero-order valence-corrected chi connectivity index (χ0v) is 12.7. The van der Waals surface area contributed by atoms with Gasteiger partial charge in [0.25, 0.3) is 0 Å². The first kappa shape index (κ1) is 13.0. The Labute approximate surface area is 121 Å². The topological polar surface area (TPSA) is 55.0 Å². The van der Waals surface area contributed by atoms with E-state index in [1.807, 2.05) is 5.38 Å². The van der Waals surface area contributed by atoms with Crippen LogP contribution in [0.4, 0.5) is 5.13 Å². The lowest BCUT2D eigenvalue weighted by atomic mass is 10.2. The average Bonchev–Trinajstić information content (AvgIpc) is 3.10. The molecule has 1 saturated heterocycles. The quantitative estimate of drug-likeness (QED) is 0.942. The molecule has 102 valence electrons. The van der Waals surface area contributed by atoms with Gasteiger partial charge in [0.1, 0.15) is 5.01 Å². The van der Waals surface area contributed by atoms with Crippen molar-refractivity contribution < 1.29 is 0 Å².